The van der Waals surface area contributed by atoms with E-state index in [0.29, 0.717) is 12.0 Å². The smallest absolute Gasteiger partial charge is 0.344 e. The highest BCUT2D eigenvalue weighted by molar-refractivity contribution is 6.07. The highest BCUT2D eigenvalue weighted by atomic mass is 16.6. The number of hydrogen-bond acceptors (Lipinski definition) is 5. The Kier molecular flexibility index (Phi) is 5.57. The largest absolute Gasteiger partial charge is 0.464 e. The molecule has 1 aromatic heterocycles. The van der Waals surface area contributed by atoms with E-state index in [9.17, 15) is 14.4 Å². The van der Waals surface area contributed by atoms with Gasteiger partial charge < -0.3 is 19.8 Å². The summed E-state index contributed by atoms with van der Waals surface area (Å²) in [6, 6.07) is 7.46. The van der Waals surface area contributed by atoms with Crippen molar-refractivity contribution >= 4 is 29.3 Å². The Morgan fingerprint density at radius 2 is 1.79 bits per heavy atom. The van der Waals surface area contributed by atoms with Crippen molar-refractivity contribution in [2.24, 2.45) is 0 Å². The number of H-pyrrole nitrogens is 1. The molecule has 2 aromatic rings. The Balaban J connectivity index is 2.49. The molecule has 0 bridgehead atoms. The van der Waals surface area contributed by atoms with Gasteiger partial charge in [0.1, 0.15) is 0 Å². The van der Waals surface area contributed by atoms with E-state index in [2.05, 4.69) is 10.3 Å². The molecule has 2 rings (SSSR count). The van der Waals surface area contributed by atoms with E-state index >= 15 is 0 Å². The number of fused-ring (bicyclic) bond motifs is 1. The fourth-order valence-corrected chi connectivity index (χ4v) is 2.57. The van der Waals surface area contributed by atoms with Crippen molar-refractivity contribution < 1.29 is 23.9 Å². The number of rotatable bonds is 8. The Labute approximate surface area is 139 Å². The Morgan fingerprint density at radius 3 is 2.38 bits per heavy atom. The molecule has 1 heterocycles. The predicted molar refractivity (Wildman–Crippen MR) is 87.2 cm³/mol. The van der Waals surface area contributed by atoms with Crippen molar-refractivity contribution in [2.75, 3.05) is 13.2 Å². The molecule has 0 saturated heterocycles. The second kappa shape index (κ2) is 7.63. The molecular formula is C17H20N2O5. The number of para-hydroxylation sites is 1. The van der Waals surface area contributed by atoms with Crippen molar-refractivity contribution in [2.45, 2.75) is 25.8 Å². The lowest BCUT2D eigenvalue weighted by Gasteiger charge is -2.28. The van der Waals surface area contributed by atoms with Crippen LogP contribution >= 0.6 is 0 Å². The van der Waals surface area contributed by atoms with Crippen molar-refractivity contribution in [1.82, 2.24) is 10.3 Å². The van der Waals surface area contributed by atoms with Gasteiger partial charge in [0, 0.05) is 23.5 Å². The third-order valence-electron chi connectivity index (χ3n) is 3.68. The summed E-state index contributed by atoms with van der Waals surface area (Å²) >= 11 is 0. The molecule has 0 fully saturated rings. The van der Waals surface area contributed by atoms with Gasteiger partial charge >= 0.3 is 11.9 Å². The highest BCUT2D eigenvalue weighted by Crippen LogP contribution is 2.24. The van der Waals surface area contributed by atoms with Gasteiger partial charge in [-0.05, 0) is 25.5 Å². The van der Waals surface area contributed by atoms with Crippen LogP contribution in [0, 0.1) is 0 Å². The van der Waals surface area contributed by atoms with Gasteiger partial charge in [0.2, 0.25) is 11.9 Å². The zero-order valence-corrected chi connectivity index (χ0v) is 13.6. The molecule has 1 amide bonds. The average Bonchev–Trinajstić information content (AvgIpc) is 2.98. The van der Waals surface area contributed by atoms with E-state index < -0.39 is 17.5 Å². The maximum absolute atomic E-state index is 12.5. The third kappa shape index (κ3) is 3.24. The second-order valence-electron chi connectivity index (χ2n) is 5.14. The molecule has 2 N–H and O–H groups in total. The number of esters is 2. The Bertz CT molecular complexity index is 719. The number of ether oxygens (including phenoxy) is 2. The van der Waals surface area contributed by atoms with Gasteiger partial charge in [0.05, 0.1) is 13.2 Å². The molecule has 0 atom stereocenters. The first kappa shape index (κ1) is 17.5. The summed E-state index contributed by atoms with van der Waals surface area (Å²) in [5.74, 6) is -1.69. The summed E-state index contributed by atoms with van der Waals surface area (Å²) in [4.78, 5) is 39.1. The second-order valence-corrected chi connectivity index (χ2v) is 5.14. The molecule has 1 aromatic carbocycles. The number of hydrogen-bond donors (Lipinski definition) is 2. The molecule has 7 heteroatoms. The molecule has 0 radical (unpaired) electrons. The van der Waals surface area contributed by atoms with Gasteiger partial charge in [-0.2, -0.15) is 0 Å². The zero-order valence-electron chi connectivity index (χ0n) is 13.6. The van der Waals surface area contributed by atoms with E-state index in [4.69, 9.17) is 9.47 Å². The number of carbonyl (C=O) groups excluding carboxylic acids is 3. The molecule has 24 heavy (non-hydrogen) atoms. The first-order chi connectivity index (χ1) is 11.6. The van der Waals surface area contributed by atoms with Gasteiger partial charge in [-0.3, -0.25) is 4.79 Å². The summed E-state index contributed by atoms with van der Waals surface area (Å²) in [6.07, 6.45) is 1.93. The van der Waals surface area contributed by atoms with E-state index in [0.717, 1.165) is 10.9 Å². The van der Waals surface area contributed by atoms with Crippen molar-refractivity contribution in [3.05, 3.63) is 36.0 Å². The summed E-state index contributed by atoms with van der Waals surface area (Å²) in [7, 11) is 0. The first-order valence-electron chi connectivity index (χ1n) is 7.69. The van der Waals surface area contributed by atoms with Crippen LogP contribution < -0.4 is 5.32 Å². The van der Waals surface area contributed by atoms with Gasteiger partial charge in [0.25, 0.3) is 0 Å². The molecule has 0 aliphatic carbocycles. The molecule has 7 nitrogen and oxygen atoms in total. The van der Waals surface area contributed by atoms with Crippen LogP contribution in [-0.4, -0.2) is 42.1 Å². The maximum Gasteiger partial charge on any atom is 0.344 e. The van der Waals surface area contributed by atoms with E-state index in [1.807, 2.05) is 24.3 Å². The monoisotopic (exact) mass is 332 g/mol. The van der Waals surface area contributed by atoms with Crippen LogP contribution in [0.3, 0.4) is 0 Å². The lowest BCUT2D eigenvalue weighted by molar-refractivity contribution is -0.167. The van der Waals surface area contributed by atoms with Crippen LogP contribution in [0.4, 0.5) is 0 Å². The van der Waals surface area contributed by atoms with Crippen molar-refractivity contribution in [3.8, 4) is 0 Å². The minimum absolute atomic E-state index is 0.0760. The molecule has 0 saturated carbocycles. The topological polar surface area (TPSA) is 97.5 Å². The van der Waals surface area contributed by atoms with Crippen LogP contribution in [-0.2, 0) is 30.3 Å². The molecular weight excluding hydrogens is 312 g/mol. The van der Waals surface area contributed by atoms with E-state index in [-0.39, 0.29) is 19.6 Å². The lowest BCUT2D eigenvalue weighted by atomic mass is 9.90. The Morgan fingerprint density at radius 1 is 1.17 bits per heavy atom. The fourth-order valence-electron chi connectivity index (χ4n) is 2.57. The van der Waals surface area contributed by atoms with E-state index in [1.165, 1.54) is 0 Å². The highest BCUT2D eigenvalue weighted by Gasteiger charge is 2.49. The molecule has 128 valence electrons. The third-order valence-corrected chi connectivity index (χ3v) is 3.68. The minimum Gasteiger partial charge on any atom is -0.464 e. The summed E-state index contributed by atoms with van der Waals surface area (Å²) < 4.78 is 10.0. The number of aromatic amines is 1. The van der Waals surface area contributed by atoms with Crippen LogP contribution in [0.25, 0.3) is 10.9 Å². The maximum atomic E-state index is 12.5. The van der Waals surface area contributed by atoms with Crippen LogP contribution in [0.2, 0.25) is 0 Å². The number of carbonyl (C=O) groups is 3. The normalized spacial score (nSPS) is 11.1. The van der Waals surface area contributed by atoms with Crippen molar-refractivity contribution in [1.29, 1.82) is 0 Å². The molecule has 0 aliphatic heterocycles. The minimum atomic E-state index is -1.92. The van der Waals surface area contributed by atoms with Gasteiger partial charge in [-0.15, -0.1) is 0 Å². The van der Waals surface area contributed by atoms with Gasteiger partial charge in [-0.25, -0.2) is 9.59 Å². The SMILES string of the molecule is CCOC(=O)C(Cc1c[nH]c2ccccc12)(NC=O)C(=O)OCC. The number of benzene rings is 1. The van der Waals surface area contributed by atoms with Crippen LogP contribution in [0.15, 0.2) is 30.5 Å². The van der Waals surface area contributed by atoms with Crippen LogP contribution in [0.5, 0.6) is 0 Å². The molecule has 0 aliphatic rings. The summed E-state index contributed by atoms with van der Waals surface area (Å²) in [5.41, 5.74) is -0.361. The Hall–Kier alpha value is -2.83. The summed E-state index contributed by atoms with van der Waals surface area (Å²) in [6.45, 7) is 3.41. The first-order valence-corrected chi connectivity index (χ1v) is 7.69. The summed E-state index contributed by atoms with van der Waals surface area (Å²) in [5, 5.41) is 3.17. The molecule has 0 spiro atoms. The molecule has 0 unspecified atom stereocenters. The van der Waals surface area contributed by atoms with Gasteiger partial charge in [-0.1, -0.05) is 18.2 Å². The predicted octanol–water partition coefficient (Wildman–Crippen LogP) is 1.32. The number of amides is 1. The van der Waals surface area contributed by atoms with Gasteiger partial charge in [0.15, 0.2) is 0 Å². The quantitative estimate of drug-likeness (QED) is 0.432. The number of nitrogens with one attached hydrogen (secondary N) is 2. The average molecular weight is 332 g/mol. The fraction of sp³-hybridized carbons (Fsp3) is 0.353. The zero-order chi connectivity index (χ0) is 17.6. The lowest BCUT2D eigenvalue weighted by Crippen LogP contribution is -2.60. The number of aromatic nitrogens is 1. The standard InChI is InChI=1S/C17H20N2O5/c1-3-23-15(21)17(19-11-20,16(22)24-4-2)9-12-10-18-14-8-6-5-7-13(12)14/h5-8,10-11,18H,3-4,9H2,1-2H3,(H,19,20). The van der Waals surface area contributed by atoms with Crippen LogP contribution in [0.1, 0.15) is 19.4 Å². The van der Waals surface area contributed by atoms with Crippen molar-refractivity contribution in [3.63, 3.8) is 0 Å². The van der Waals surface area contributed by atoms with E-state index in [1.54, 1.807) is 20.0 Å².